The van der Waals surface area contributed by atoms with Crippen molar-refractivity contribution in [1.82, 2.24) is 10.6 Å². The van der Waals surface area contributed by atoms with E-state index in [-0.39, 0.29) is 35.8 Å². The Morgan fingerprint density at radius 3 is 2.37 bits per heavy atom. The van der Waals surface area contributed by atoms with E-state index in [0.29, 0.717) is 13.2 Å². The minimum Gasteiger partial charge on any atom is -0.494 e. The Kier molecular flexibility index (Phi) is 12.6. The number of rotatable bonds is 10. The summed E-state index contributed by atoms with van der Waals surface area (Å²) in [5.74, 6) is 1.65. The average Bonchev–Trinajstić information content (AvgIpc) is 2.73. The number of halogens is 1. The van der Waals surface area contributed by atoms with Crippen LogP contribution < -0.4 is 20.7 Å². The number of nitrogens with one attached hydrogen (secondary N) is 3. The van der Waals surface area contributed by atoms with E-state index >= 15 is 0 Å². The standard InChI is InChI=1S/C23H32N4O2.HI/c1-4-24-23(25-15-8-16-29-21-9-6-5-7-10-21)26-17-19-11-13-20(14-12-19)27-22(28)18(2)3;/h5-7,9-14,18H,4,8,15-17H2,1-3H3,(H,27,28)(H2,24,25,26);1H. The van der Waals surface area contributed by atoms with Crippen molar-refractivity contribution in [3.8, 4) is 5.75 Å². The Balaban J connectivity index is 0.00000450. The lowest BCUT2D eigenvalue weighted by molar-refractivity contribution is -0.118. The van der Waals surface area contributed by atoms with Crippen LogP contribution in [0.2, 0.25) is 0 Å². The molecule has 0 aliphatic carbocycles. The number of ether oxygens (including phenoxy) is 1. The smallest absolute Gasteiger partial charge is 0.226 e. The average molecular weight is 524 g/mol. The molecule has 0 spiro atoms. The van der Waals surface area contributed by atoms with Gasteiger partial charge in [0.2, 0.25) is 5.91 Å². The fraction of sp³-hybridized carbons (Fsp3) is 0.391. The van der Waals surface area contributed by atoms with E-state index < -0.39 is 0 Å². The molecule has 7 heteroatoms. The molecule has 0 atom stereocenters. The summed E-state index contributed by atoms with van der Waals surface area (Å²) in [6, 6.07) is 17.6. The molecule has 0 aromatic heterocycles. The molecule has 2 aromatic carbocycles. The second-order valence-electron chi connectivity index (χ2n) is 6.98. The number of anilines is 1. The number of nitrogens with zero attached hydrogens (tertiary/aromatic N) is 1. The molecule has 0 saturated carbocycles. The van der Waals surface area contributed by atoms with E-state index in [1.54, 1.807) is 0 Å². The molecule has 0 fully saturated rings. The molecular formula is C23H33IN4O2. The molecule has 0 saturated heterocycles. The largest absolute Gasteiger partial charge is 0.494 e. The predicted molar refractivity (Wildman–Crippen MR) is 135 cm³/mol. The first-order chi connectivity index (χ1) is 14.1. The molecule has 0 radical (unpaired) electrons. The molecule has 0 aliphatic heterocycles. The number of benzene rings is 2. The van der Waals surface area contributed by atoms with Gasteiger partial charge in [0.25, 0.3) is 0 Å². The molecule has 6 nitrogen and oxygen atoms in total. The number of amides is 1. The Labute approximate surface area is 196 Å². The van der Waals surface area contributed by atoms with Gasteiger partial charge < -0.3 is 20.7 Å². The van der Waals surface area contributed by atoms with Crippen LogP contribution in [-0.2, 0) is 11.3 Å². The van der Waals surface area contributed by atoms with Gasteiger partial charge in [0.05, 0.1) is 13.2 Å². The van der Waals surface area contributed by atoms with Crippen LogP contribution in [0.25, 0.3) is 0 Å². The highest BCUT2D eigenvalue weighted by Gasteiger charge is 2.06. The number of carbonyl (C=O) groups is 1. The van der Waals surface area contributed by atoms with Gasteiger partial charge in [-0.1, -0.05) is 44.2 Å². The van der Waals surface area contributed by atoms with Gasteiger partial charge in [0, 0.05) is 24.7 Å². The highest BCUT2D eigenvalue weighted by Crippen LogP contribution is 2.12. The summed E-state index contributed by atoms with van der Waals surface area (Å²) in [4.78, 5) is 16.4. The zero-order chi connectivity index (χ0) is 20.9. The second-order valence-corrected chi connectivity index (χ2v) is 6.98. The summed E-state index contributed by atoms with van der Waals surface area (Å²) in [5.41, 5.74) is 1.89. The van der Waals surface area contributed by atoms with Crippen molar-refractivity contribution >= 4 is 41.5 Å². The molecule has 0 unspecified atom stereocenters. The van der Waals surface area contributed by atoms with Crippen molar-refractivity contribution in [3.63, 3.8) is 0 Å². The van der Waals surface area contributed by atoms with Gasteiger partial charge in [-0.05, 0) is 43.2 Å². The number of carbonyl (C=O) groups excluding carboxylic acids is 1. The molecule has 2 aromatic rings. The van der Waals surface area contributed by atoms with Crippen molar-refractivity contribution in [3.05, 3.63) is 60.2 Å². The lowest BCUT2D eigenvalue weighted by atomic mass is 10.2. The maximum Gasteiger partial charge on any atom is 0.226 e. The van der Waals surface area contributed by atoms with Crippen LogP contribution in [-0.4, -0.2) is 31.6 Å². The zero-order valence-corrected chi connectivity index (χ0v) is 20.3. The van der Waals surface area contributed by atoms with Gasteiger partial charge in [0.15, 0.2) is 5.96 Å². The monoisotopic (exact) mass is 524 g/mol. The first-order valence-electron chi connectivity index (χ1n) is 10.2. The first-order valence-corrected chi connectivity index (χ1v) is 10.2. The molecule has 30 heavy (non-hydrogen) atoms. The van der Waals surface area contributed by atoms with Crippen molar-refractivity contribution < 1.29 is 9.53 Å². The molecule has 0 aliphatic rings. The molecule has 2 rings (SSSR count). The van der Waals surface area contributed by atoms with Gasteiger partial charge in [0.1, 0.15) is 5.75 Å². The third-order valence-electron chi connectivity index (χ3n) is 4.14. The topological polar surface area (TPSA) is 74.8 Å². The maximum absolute atomic E-state index is 11.8. The first kappa shape index (κ1) is 25.7. The molecule has 3 N–H and O–H groups in total. The summed E-state index contributed by atoms with van der Waals surface area (Å²) in [5, 5.41) is 9.48. The third kappa shape index (κ3) is 9.96. The van der Waals surface area contributed by atoms with E-state index in [0.717, 1.165) is 42.5 Å². The summed E-state index contributed by atoms with van der Waals surface area (Å²) >= 11 is 0. The van der Waals surface area contributed by atoms with Crippen molar-refractivity contribution in [2.45, 2.75) is 33.7 Å². The summed E-state index contributed by atoms with van der Waals surface area (Å²) in [6.45, 7) is 8.59. The number of hydrogen-bond acceptors (Lipinski definition) is 3. The summed E-state index contributed by atoms with van der Waals surface area (Å²) in [7, 11) is 0. The predicted octanol–water partition coefficient (Wildman–Crippen LogP) is 4.42. The van der Waals surface area contributed by atoms with Crippen molar-refractivity contribution in [2.24, 2.45) is 10.9 Å². The lowest BCUT2D eigenvalue weighted by Gasteiger charge is -2.12. The SMILES string of the molecule is CCNC(=NCc1ccc(NC(=O)C(C)C)cc1)NCCCOc1ccccc1.I. The fourth-order valence-corrected chi connectivity index (χ4v) is 2.48. The number of para-hydroxylation sites is 1. The number of hydrogen-bond donors (Lipinski definition) is 3. The van der Waals surface area contributed by atoms with Gasteiger partial charge >= 0.3 is 0 Å². The van der Waals surface area contributed by atoms with Gasteiger partial charge in [-0.3, -0.25) is 4.79 Å². The van der Waals surface area contributed by atoms with Gasteiger partial charge in [-0.15, -0.1) is 24.0 Å². The molecule has 1 amide bonds. The number of guanidine groups is 1. The van der Waals surface area contributed by atoms with Gasteiger partial charge in [-0.2, -0.15) is 0 Å². The minimum atomic E-state index is -0.0360. The summed E-state index contributed by atoms with van der Waals surface area (Å²) in [6.07, 6.45) is 0.879. The van der Waals surface area contributed by atoms with E-state index in [4.69, 9.17) is 4.74 Å². The zero-order valence-electron chi connectivity index (χ0n) is 18.0. The highest BCUT2D eigenvalue weighted by molar-refractivity contribution is 14.0. The van der Waals surface area contributed by atoms with Crippen LogP contribution in [0.1, 0.15) is 32.8 Å². The highest BCUT2D eigenvalue weighted by atomic mass is 127. The van der Waals surface area contributed by atoms with E-state index in [1.165, 1.54) is 0 Å². The van der Waals surface area contributed by atoms with Crippen LogP contribution in [0.15, 0.2) is 59.6 Å². The molecule has 164 valence electrons. The van der Waals surface area contributed by atoms with Crippen LogP contribution in [0.4, 0.5) is 5.69 Å². The van der Waals surface area contributed by atoms with E-state index in [2.05, 4.69) is 20.9 Å². The Bertz CT molecular complexity index is 765. The maximum atomic E-state index is 11.8. The van der Waals surface area contributed by atoms with E-state index in [9.17, 15) is 4.79 Å². The Hall–Kier alpha value is -2.29. The fourth-order valence-electron chi connectivity index (χ4n) is 2.48. The van der Waals surface area contributed by atoms with Crippen molar-refractivity contribution in [2.75, 3.05) is 25.0 Å². The normalized spacial score (nSPS) is 10.9. The van der Waals surface area contributed by atoms with Crippen LogP contribution >= 0.6 is 24.0 Å². The second kappa shape index (κ2) is 14.7. The van der Waals surface area contributed by atoms with E-state index in [1.807, 2.05) is 75.4 Å². The van der Waals surface area contributed by atoms with Gasteiger partial charge in [-0.25, -0.2) is 4.99 Å². The number of aliphatic imine (C=N–C) groups is 1. The van der Waals surface area contributed by atoms with Crippen LogP contribution in [0.5, 0.6) is 5.75 Å². The van der Waals surface area contributed by atoms with Crippen LogP contribution in [0.3, 0.4) is 0 Å². The minimum absolute atomic E-state index is 0. The summed E-state index contributed by atoms with van der Waals surface area (Å²) < 4.78 is 5.70. The molecule has 0 bridgehead atoms. The quantitative estimate of drug-likeness (QED) is 0.186. The van der Waals surface area contributed by atoms with Crippen molar-refractivity contribution in [1.29, 1.82) is 0 Å². The third-order valence-corrected chi connectivity index (χ3v) is 4.14. The molecule has 0 heterocycles. The Morgan fingerprint density at radius 1 is 1.03 bits per heavy atom. The Morgan fingerprint density at radius 2 is 1.73 bits per heavy atom. The molecular weight excluding hydrogens is 491 g/mol. The lowest BCUT2D eigenvalue weighted by Crippen LogP contribution is -2.38. The van der Waals surface area contributed by atoms with Crippen LogP contribution in [0, 0.1) is 5.92 Å².